The maximum Gasteiger partial charge on any atom is 0.191 e. The number of hydrogen-bond acceptors (Lipinski definition) is 2. The normalized spacial score (nSPS) is 13.6. The van der Waals surface area contributed by atoms with Crippen LogP contribution in [-0.2, 0) is 18.9 Å². The Hall–Kier alpha value is -2.01. The van der Waals surface area contributed by atoms with Crippen molar-refractivity contribution in [2.75, 3.05) is 13.6 Å². The van der Waals surface area contributed by atoms with Gasteiger partial charge in [-0.3, -0.25) is 9.67 Å². The Labute approximate surface area is 168 Å². The van der Waals surface area contributed by atoms with Crippen molar-refractivity contribution in [2.45, 2.75) is 52.5 Å². The summed E-state index contributed by atoms with van der Waals surface area (Å²) in [6.45, 7) is 11.5. The first-order valence-corrected chi connectivity index (χ1v) is 9.74. The Balaban J connectivity index is 1.97. The van der Waals surface area contributed by atoms with Crippen molar-refractivity contribution in [2.24, 2.45) is 12.0 Å². The number of guanidine groups is 1. The van der Waals surface area contributed by atoms with Crippen LogP contribution in [0.2, 0.25) is 5.02 Å². The molecule has 0 saturated heterocycles. The van der Waals surface area contributed by atoms with E-state index in [0.717, 1.165) is 29.6 Å². The van der Waals surface area contributed by atoms with Gasteiger partial charge in [-0.2, -0.15) is 5.10 Å². The molecule has 0 aliphatic carbocycles. The highest BCUT2D eigenvalue weighted by atomic mass is 35.5. The van der Waals surface area contributed by atoms with Crippen molar-refractivity contribution in [3.63, 3.8) is 0 Å². The Morgan fingerprint density at radius 3 is 2.59 bits per heavy atom. The van der Waals surface area contributed by atoms with Gasteiger partial charge in [0.1, 0.15) is 0 Å². The van der Waals surface area contributed by atoms with Crippen LogP contribution in [-0.4, -0.2) is 35.4 Å². The van der Waals surface area contributed by atoms with Gasteiger partial charge in [0, 0.05) is 42.8 Å². The van der Waals surface area contributed by atoms with E-state index in [4.69, 9.17) is 11.6 Å². The molecule has 2 N–H and O–H groups in total. The molecule has 1 unspecified atom stereocenters. The highest BCUT2D eigenvalue weighted by molar-refractivity contribution is 6.30. The topological polar surface area (TPSA) is 54.2 Å². The summed E-state index contributed by atoms with van der Waals surface area (Å²) in [4.78, 5) is 4.38. The van der Waals surface area contributed by atoms with E-state index in [1.165, 1.54) is 16.8 Å². The minimum Gasteiger partial charge on any atom is -0.356 e. The third-order valence-electron chi connectivity index (χ3n) is 5.08. The van der Waals surface area contributed by atoms with E-state index in [-0.39, 0.29) is 11.5 Å². The molecule has 1 heterocycles. The lowest BCUT2D eigenvalue weighted by Gasteiger charge is -2.28. The minimum atomic E-state index is -0.0672. The zero-order valence-electron chi connectivity index (χ0n) is 17.5. The number of halogens is 1. The lowest BCUT2D eigenvalue weighted by Crippen LogP contribution is -2.47. The molecule has 0 radical (unpaired) electrons. The number of nitrogens with zero attached hydrogens (tertiary/aromatic N) is 3. The lowest BCUT2D eigenvalue weighted by atomic mass is 9.84. The molecular formula is C21H32ClN5. The van der Waals surface area contributed by atoms with Crippen molar-refractivity contribution < 1.29 is 0 Å². The number of nitrogens with one attached hydrogen (secondary N) is 2. The molecule has 0 aliphatic heterocycles. The summed E-state index contributed by atoms with van der Waals surface area (Å²) in [5.41, 5.74) is 4.74. The van der Waals surface area contributed by atoms with Crippen LogP contribution < -0.4 is 10.6 Å². The standard InChI is InChI=1S/C21H32ClN5/c1-14(11-19-15(2)26-27(7)16(19)3)25-20(23-6)24-13-21(4,5)17-9-8-10-18(22)12-17/h8-10,12,14H,11,13H2,1-7H3,(H2,23,24,25). The van der Waals surface area contributed by atoms with Gasteiger partial charge in [0.15, 0.2) is 5.96 Å². The molecule has 6 heteroatoms. The van der Waals surface area contributed by atoms with Crippen molar-refractivity contribution in [1.29, 1.82) is 0 Å². The average molecular weight is 390 g/mol. The van der Waals surface area contributed by atoms with Crippen molar-refractivity contribution >= 4 is 17.6 Å². The van der Waals surface area contributed by atoms with Crippen LogP contribution in [0.5, 0.6) is 0 Å². The van der Waals surface area contributed by atoms with Crippen LogP contribution in [0.15, 0.2) is 29.3 Å². The fourth-order valence-electron chi connectivity index (χ4n) is 3.21. The summed E-state index contributed by atoms with van der Waals surface area (Å²) in [6, 6.07) is 8.27. The number of rotatable bonds is 6. The summed E-state index contributed by atoms with van der Waals surface area (Å²) in [7, 11) is 3.79. The molecule has 0 fully saturated rings. The predicted octanol–water partition coefficient (Wildman–Crippen LogP) is 3.76. The fraction of sp³-hybridized carbons (Fsp3) is 0.524. The van der Waals surface area contributed by atoms with Gasteiger partial charge in [0.2, 0.25) is 0 Å². The van der Waals surface area contributed by atoms with Crippen LogP contribution in [0.25, 0.3) is 0 Å². The van der Waals surface area contributed by atoms with E-state index in [0.29, 0.717) is 0 Å². The van der Waals surface area contributed by atoms with Gasteiger partial charge in [-0.25, -0.2) is 0 Å². The molecule has 0 bridgehead atoms. The van der Waals surface area contributed by atoms with Gasteiger partial charge in [-0.1, -0.05) is 37.6 Å². The summed E-state index contributed by atoms with van der Waals surface area (Å²) in [5, 5.41) is 12.2. The Bertz CT molecular complexity index is 807. The first-order chi connectivity index (χ1) is 12.6. The molecular weight excluding hydrogens is 358 g/mol. The van der Waals surface area contributed by atoms with E-state index in [1.54, 1.807) is 7.05 Å². The molecule has 0 spiro atoms. The van der Waals surface area contributed by atoms with E-state index in [9.17, 15) is 0 Å². The molecule has 1 atom stereocenters. The van der Waals surface area contributed by atoms with E-state index in [2.05, 4.69) is 61.4 Å². The van der Waals surface area contributed by atoms with Gasteiger partial charge in [-0.05, 0) is 50.5 Å². The van der Waals surface area contributed by atoms with E-state index in [1.807, 2.05) is 29.9 Å². The summed E-state index contributed by atoms with van der Waals surface area (Å²) in [6.07, 6.45) is 0.907. The third kappa shape index (κ3) is 5.48. The third-order valence-corrected chi connectivity index (χ3v) is 5.31. The number of hydrogen-bond donors (Lipinski definition) is 2. The molecule has 0 amide bonds. The number of benzene rings is 1. The van der Waals surface area contributed by atoms with Crippen molar-refractivity contribution in [3.05, 3.63) is 51.8 Å². The Morgan fingerprint density at radius 2 is 2.04 bits per heavy atom. The zero-order valence-corrected chi connectivity index (χ0v) is 18.3. The number of aromatic nitrogens is 2. The fourth-order valence-corrected chi connectivity index (χ4v) is 3.40. The van der Waals surface area contributed by atoms with Gasteiger partial charge in [0.05, 0.1) is 5.69 Å². The van der Waals surface area contributed by atoms with Crippen LogP contribution in [0.1, 0.15) is 43.3 Å². The largest absolute Gasteiger partial charge is 0.356 e. The van der Waals surface area contributed by atoms with Gasteiger partial charge in [0.25, 0.3) is 0 Å². The van der Waals surface area contributed by atoms with Crippen molar-refractivity contribution in [3.8, 4) is 0 Å². The van der Waals surface area contributed by atoms with Gasteiger partial charge in [-0.15, -0.1) is 0 Å². The van der Waals surface area contributed by atoms with E-state index >= 15 is 0 Å². The van der Waals surface area contributed by atoms with Crippen LogP contribution in [0.4, 0.5) is 0 Å². The second kappa shape index (κ2) is 8.79. The summed E-state index contributed by atoms with van der Waals surface area (Å²) in [5.74, 6) is 0.803. The summed E-state index contributed by atoms with van der Waals surface area (Å²) >= 11 is 6.15. The van der Waals surface area contributed by atoms with Gasteiger partial charge >= 0.3 is 0 Å². The molecule has 2 aromatic rings. The highest BCUT2D eigenvalue weighted by Crippen LogP contribution is 2.24. The van der Waals surface area contributed by atoms with Crippen LogP contribution >= 0.6 is 11.6 Å². The van der Waals surface area contributed by atoms with Crippen LogP contribution in [0, 0.1) is 13.8 Å². The first kappa shape index (κ1) is 21.3. The second-order valence-corrected chi connectivity index (χ2v) is 8.28. The number of aryl methyl sites for hydroxylation is 2. The average Bonchev–Trinajstić information content (AvgIpc) is 2.84. The molecule has 1 aromatic heterocycles. The quantitative estimate of drug-likeness (QED) is 0.584. The Morgan fingerprint density at radius 1 is 1.33 bits per heavy atom. The first-order valence-electron chi connectivity index (χ1n) is 9.36. The second-order valence-electron chi connectivity index (χ2n) is 7.84. The lowest BCUT2D eigenvalue weighted by molar-refractivity contribution is 0.504. The smallest absolute Gasteiger partial charge is 0.191 e. The molecule has 0 aliphatic rings. The molecule has 1 aromatic carbocycles. The molecule has 0 saturated carbocycles. The monoisotopic (exact) mass is 389 g/mol. The van der Waals surface area contributed by atoms with Gasteiger partial charge < -0.3 is 10.6 Å². The maximum atomic E-state index is 6.15. The molecule has 148 valence electrons. The van der Waals surface area contributed by atoms with Crippen LogP contribution in [0.3, 0.4) is 0 Å². The zero-order chi connectivity index (χ0) is 20.2. The van der Waals surface area contributed by atoms with Crippen molar-refractivity contribution in [1.82, 2.24) is 20.4 Å². The predicted molar refractivity (Wildman–Crippen MR) is 115 cm³/mol. The van der Waals surface area contributed by atoms with E-state index < -0.39 is 0 Å². The maximum absolute atomic E-state index is 6.15. The molecule has 5 nitrogen and oxygen atoms in total. The summed E-state index contributed by atoms with van der Waals surface area (Å²) < 4.78 is 1.94. The minimum absolute atomic E-state index is 0.0672. The Kier molecular flexibility index (Phi) is 6.93. The molecule has 27 heavy (non-hydrogen) atoms. The SMILES string of the molecule is CN=C(NCC(C)(C)c1cccc(Cl)c1)NC(C)Cc1c(C)nn(C)c1C. The number of aliphatic imine (C=N–C) groups is 1. The highest BCUT2D eigenvalue weighted by Gasteiger charge is 2.22. The molecule has 2 rings (SSSR count).